The molecule has 88 valence electrons. The highest BCUT2D eigenvalue weighted by atomic mass is 16.5. The quantitative estimate of drug-likeness (QED) is 0.840. The third kappa shape index (κ3) is 2.41. The van der Waals surface area contributed by atoms with Gasteiger partial charge in [0, 0.05) is 18.9 Å². The van der Waals surface area contributed by atoms with Gasteiger partial charge >= 0.3 is 5.97 Å². The normalized spacial score (nSPS) is 20.2. The van der Waals surface area contributed by atoms with Crippen LogP contribution in [0, 0.1) is 6.92 Å². The lowest BCUT2D eigenvalue weighted by Crippen LogP contribution is -2.01. The molecule has 0 bridgehead atoms. The summed E-state index contributed by atoms with van der Waals surface area (Å²) in [5.41, 5.74) is 0.929. The van der Waals surface area contributed by atoms with Crippen LogP contribution in [0.3, 0.4) is 0 Å². The highest BCUT2D eigenvalue weighted by Crippen LogP contribution is 2.27. The van der Waals surface area contributed by atoms with E-state index in [-0.39, 0.29) is 6.42 Å². The van der Waals surface area contributed by atoms with Crippen molar-refractivity contribution in [1.29, 1.82) is 0 Å². The van der Waals surface area contributed by atoms with E-state index in [9.17, 15) is 4.79 Å². The second kappa shape index (κ2) is 4.65. The molecule has 0 amide bonds. The van der Waals surface area contributed by atoms with E-state index in [2.05, 4.69) is 4.98 Å². The molecule has 2 heterocycles. The molecule has 0 spiro atoms. The van der Waals surface area contributed by atoms with E-state index in [4.69, 9.17) is 14.3 Å². The summed E-state index contributed by atoms with van der Waals surface area (Å²) in [4.78, 5) is 14.8. The van der Waals surface area contributed by atoms with Crippen molar-refractivity contribution in [3.63, 3.8) is 0 Å². The maximum absolute atomic E-state index is 10.4. The Bertz CT molecular complexity index is 379. The van der Waals surface area contributed by atoms with E-state index in [0.29, 0.717) is 24.8 Å². The summed E-state index contributed by atoms with van der Waals surface area (Å²) in [6.45, 7) is 3.32. The number of carbonyl (C=O) groups is 1. The molecule has 1 aromatic heterocycles. The van der Waals surface area contributed by atoms with Gasteiger partial charge in [-0.15, -0.1) is 0 Å². The predicted octanol–water partition coefficient (Wildman–Crippen LogP) is 1.50. The number of carboxylic acids is 1. The van der Waals surface area contributed by atoms with E-state index >= 15 is 0 Å². The van der Waals surface area contributed by atoms with E-state index < -0.39 is 5.97 Å². The molecule has 0 aromatic carbocycles. The van der Waals surface area contributed by atoms with Crippen LogP contribution in [0.1, 0.15) is 36.1 Å². The lowest BCUT2D eigenvalue weighted by atomic mass is 10.0. The Hall–Kier alpha value is -1.36. The van der Waals surface area contributed by atoms with Gasteiger partial charge in [-0.1, -0.05) is 0 Å². The number of aryl methyl sites for hydroxylation is 2. The molecule has 1 aliphatic rings. The Morgan fingerprint density at radius 3 is 3.06 bits per heavy atom. The number of hydrogen-bond acceptors (Lipinski definition) is 4. The van der Waals surface area contributed by atoms with Crippen molar-refractivity contribution >= 4 is 5.97 Å². The molecule has 1 fully saturated rings. The summed E-state index contributed by atoms with van der Waals surface area (Å²) in [6, 6.07) is 0. The number of nitrogens with zero attached hydrogens (tertiary/aromatic N) is 1. The summed E-state index contributed by atoms with van der Waals surface area (Å²) in [5, 5.41) is 8.57. The molecule has 5 heteroatoms. The first kappa shape index (κ1) is 11.1. The van der Waals surface area contributed by atoms with Gasteiger partial charge in [0.15, 0.2) is 5.89 Å². The van der Waals surface area contributed by atoms with Crippen LogP contribution >= 0.6 is 0 Å². The van der Waals surface area contributed by atoms with Crippen LogP contribution in [0.4, 0.5) is 0 Å². The number of rotatable bonds is 4. The van der Waals surface area contributed by atoms with Crippen LogP contribution in [0.25, 0.3) is 0 Å². The van der Waals surface area contributed by atoms with Crippen molar-refractivity contribution in [3.8, 4) is 0 Å². The van der Waals surface area contributed by atoms with Gasteiger partial charge in [-0.25, -0.2) is 4.98 Å². The minimum absolute atomic E-state index is 0.0561. The van der Waals surface area contributed by atoms with E-state index in [1.165, 1.54) is 0 Å². The molecular formula is C11H15NO4. The van der Waals surface area contributed by atoms with Gasteiger partial charge in [0.2, 0.25) is 0 Å². The number of aliphatic carboxylic acids is 1. The molecule has 1 atom stereocenters. The highest BCUT2D eigenvalue weighted by Gasteiger charge is 2.24. The van der Waals surface area contributed by atoms with Crippen molar-refractivity contribution in [3.05, 3.63) is 17.3 Å². The van der Waals surface area contributed by atoms with Gasteiger partial charge in [-0.3, -0.25) is 4.79 Å². The lowest BCUT2D eigenvalue weighted by molar-refractivity contribution is -0.137. The second-order valence-corrected chi connectivity index (χ2v) is 4.00. The molecule has 1 N–H and O–H groups in total. The van der Waals surface area contributed by atoms with Gasteiger partial charge in [0.25, 0.3) is 0 Å². The molecule has 5 nitrogen and oxygen atoms in total. The standard InChI is InChI=1S/C11H15NO4/c1-7-11(8-4-5-15-6-8)12-9(16-7)2-3-10(13)14/h8H,2-6H2,1H3,(H,13,14). The number of hydrogen-bond donors (Lipinski definition) is 1. The van der Waals surface area contributed by atoms with Crippen LogP contribution in [-0.2, 0) is 16.0 Å². The number of oxazole rings is 1. The molecule has 0 aliphatic carbocycles. The molecule has 1 unspecified atom stereocenters. The van der Waals surface area contributed by atoms with Crippen molar-refractivity contribution in [2.24, 2.45) is 0 Å². The SMILES string of the molecule is Cc1oc(CCC(=O)O)nc1C1CCOC1. The molecule has 16 heavy (non-hydrogen) atoms. The van der Waals surface area contributed by atoms with Gasteiger partial charge in [0.1, 0.15) is 5.76 Å². The van der Waals surface area contributed by atoms with Crippen LogP contribution in [0.5, 0.6) is 0 Å². The topological polar surface area (TPSA) is 72.6 Å². The molecule has 1 aromatic rings. The van der Waals surface area contributed by atoms with Gasteiger partial charge in [-0.2, -0.15) is 0 Å². The van der Waals surface area contributed by atoms with E-state index in [1.54, 1.807) is 0 Å². The molecular weight excluding hydrogens is 210 g/mol. The zero-order chi connectivity index (χ0) is 11.5. The fraction of sp³-hybridized carbons (Fsp3) is 0.636. The summed E-state index contributed by atoms with van der Waals surface area (Å²) < 4.78 is 10.7. The minimum Gasteiger partial charge on any atom is -0.481 e. The average molecular weight is 225 g/mol. The fourth-order valence-corrected chi connectivity index (χ4v) is 1.91. The van der Waals surface area contributed by atoms with E-state index in [0.717, 1.165) is 24.5 Å². The fourth-order valence-electron chi connectivity index (χ4n) is 1.91. The third-order valence-corrected chi connectivity index (χ3v) is 2.75. The Labute approximate surface area is 93.4 Å². The molecule has 0 radical (unpaired) electrons. The van der Waals surface area contributed by atoms with Crippen molar-refractivity contribution in [1.82, 2.24) is 4.98 Å². The van der Waals surface area contributed by atoms with Crippen LogP contribution in [0.2, 0.25) is 0 Å². The number of aromatic nitrogens is 1. The largest absolute Gasteiger partial charge is 0.481 e. The Morgan fingerprint density at radius 2 is 2.44 bits per heavy atom. The zero-order valence-corrected chi connectivity index (χ0v) is 9.23. The molecule has 1 aliphatic heterocycles. The first-order chi connectivity index (χ1) is 7.66. The zero-order valence-electron chi connectivity index (χ0n) is 9.23. The van der Waals surface area contributed by atoms with Crippen molar-refractivity contribution in [2.45, 2.75) is 32.1 Å². The van der Waals surface area contributed by atoms with Gasteiger partial charge < -0.3 is 14.3 Å². The minimum atomic E-state index is -0.832. The maximum atomic E-state index is 10.4. The smallest absolute Gasteiger partial charge is 0.303 e. The molecule has 0 saturated carbocycles. The molecule has 1 saturated heterocycles. The van der Waals surface area contributed by atoms with Gasteiger partial charge in [0.05, 0.1) is 18.7 Å². The number of carboxylic acid groups (broad SMARTS) is 1. The summed E-state index contributed by atoms with van der Waals surface area (Å²) in [7, 11) is 0. The summed E-state index contributed by atoms with van der Waals surface area (Å²) in [5.74, 6) is 0.779. The van der Waals surface area contributed by atoms with Crippen LogP contribution in [-0.4, -0.2) is 29.3 Å². The van der Waals surface area contributed by atoms with Gasteiger partial charge in [-0.05, 0) is 13.3 Å². The maximum Gasteiger partial charge on any atom is 0.303 e. The van der Waals surface area contributed by atoms with Crippen LogP contribution < -0.4 is 0 Å². The van der Waals surface area contributed by atoms with Crippen molar-refractivity contribution < 1.29 is 19.1 Å². The monoisotopic (exact) mass is 225 g/mol. The summed E-state index contributed by atoms with van der Waals surface area (Å²) in [6.07, 6.45) is 1.37. The average Bonchev–Trinajstić information content (AvgIpc) is 2.83. The Morgan fingerprint density at radius 1 is 1.62 bits per heavy atom. The summed E-state index contributed by atoms with van der Waals surface area (Å²) >= 11 is 0. The highest BCUT2D eigenvalue weighted by molar-refractivity contribution is 5.66. The number of ether oxygens (including phenoxy) is 1. The first-order valence-corrected chi connectivity index (χ1v) is 5.42. The molecule has 2 rings (SSSR count). The van der Waals surface area contributed by atoms with Crippen molar-refractivity contribution in [2.75, 3.05) is 13.2 Å². The Kier molecular flexibility index (Phi) is 3.24. The predicted molar refractivity (Wildman–Crippen MR) is 55.4 cm³/mol. The first-order valence-electron chi connectivity index (χ1n) is 5.42. The van der Waals surface area contributed by atoms with Crippen LogP contribution in [0.15, 0.2) is 4.42 Å². The lowest BCUT2D eigenvalue weighted by Gasteiger charge is -2.02. The van der Waals surface area contributed by atoms with E-state index in [1.807, 2.05) is 6.92 Å². The second-order valence-electron chi connectivity index (χ2n) is 4.00. The Balaban J connectivity index is 2.05. The third-order valence-electron chi connectivity index (χ3n) is 2.75.